The van der Waals surface area contributed by atoms with Crippen molar-refractivity contribution >= 4 is 51.3 Å². The fraction of sp³-hybridized carbons (Fsp3) is 0.0952. The molecule has 0 bridgehead atoms. The minimum absolute atomic E-state index is 0.0324. The Morgan fingerprint density at radius 1 is 1.00 bits per heavy atom. The molecule has 6 nitrogen and oxygen atoms in total. The summed E-state index contributed by atoms with van der Waals surface area (Å²) in [5.41, 5.74) is 2.22. The Labute approximate surface area is 174 Å². The van der Waals surface area contributed by atoms with E-state index in [0.29, 0.717) is 5.69 Å². The first-order valence-electron chi connectivity index (χ1n) is 8.94. The number of fused-ring (bicyclic) bond motifs is 3. The number of carbonyl (C=O) groups is 2. The van der Waals surface area contributed by atoms with Crippen molar-refractivity contribution < 1.29 is 14.3 Å². The van der Waals surface area contributed by atoms with E-state index >= 15 is 0 Å². The molecule has 5 rings (SSSR count). The van der Waals surface area contributed by atoms with Crippen LogP contribution in [0.1, 0.15) is 5.69 Å². The van der Waals surface area contributed by atoms with E-state index < -0.39 is 5.97 Å². The quantitative estimate of drug-likeness (QED) is 0.460. The number of rotatable bonds is 4. The molecule has 0 radical (unpaired) electrons. The minimum atomic E-state index is -0.475. The summed E-state index contributed by atoms with van der Waals surface area (Å²) >= 11 is 3.12. The summed E-state index contributed by atoms with van der Waals surface area (Å²) in [5, 5.41) is 1.93. The predicted molar refractivity (Wildman–Crippen MR) is 112 cm³/mol. The van der Waals surface area contributed by atoms with Gasteiger partial charge in [0.15, 0.2) is 11.6 Å². The van der Waals surface area contributed by atoms with Gasteiger partial charge in [0.1, 0.15) is 0 Å². The highest BCUT2D eigenvalue weighted by Gasteiger charge is 2.28. The number of hydrogen-bond acceptors (Lipinski definition) is 6. The SMILES string of the molecule is O=C(Cc1cn2ccsc2n1)OCC(=O)N1c2ccccc2Sc2ccccc21. The van der Waals surface area contributed by atoms with Gasteiger partial charge < -0.3 is 4.74 Å². The standard InChI is InChI=1S/C21H15N3O3S2/c25-19(13-27-20(26)11-14-12-23-9-10-28-21(23)22-14)24-15-5-1-3-7-17(15)29-18-8-4-2-6-16(18)24/h1-10,12H,11,13H2. The number of esters is 1. The van der Waals surface area contributed by atoms with Crippen LogP contribution in [0.2, 0.25) is 0 Å². The molecule has 3 heterocycles. The van der Waals surface area contributed by atoms with Crippen molar-refractivity contribution in [1.82, 2.24) is 9.38 Å². The van der Waals surface area contributed by atoms with E-state index in [9.17, 15) is 9.59 Å². The van der Waals surface area contributed by atoms with Gasteiger partial charge in [-0.3, -0.25) is 18.9 Å². The molecule has 0 saturated heterocycles. The van der Waals surface area contributed by atoms with Crippen LogP contribution in [0, 0.1) is 0 Å². The molecule has 8 heteroatoms. The fourth-order valence-electron chi connectivity index (χ4n) is 3.24. The van der Waals surface area contributed by atoms with Gasteiger partial charge in [-0.15, -0.1) is 11.3 Å². The van der Waals surface area contributed by atoms with Crippen molar-refractivity contribution in [1.29, 1.82) is 0 Å². The molecule has 1 aliphatic rings. The predicted octanol–water partition coefficient (Wildman–Crippen LogP) is 4.31. The summed E-state index contributed by atoms with van der Waals surface area (Å²) in [6.07, 6.45) is 3.71. The zero-order chi connectivity index (χ0) is 19.8. The zero-order valence-corrected chi connectivity index (χ0v) is 16.8. The molecular formula is C21H15N3O3S2. The number of hydrogen-bond donors (Lipinski definition) is 0. The van der Waals surface area contributed by atoms with Gasteiger partial charge in [0, 0.05) is 27.6 Å². The third kappa shape index (κ3) is 3.41. The van der Waals surface area contributed by atoms with Gasteiger partial charge in [-0.05, 0) is 24.3 Å². The minimum Gasteiger partial charge on any atom is -0.455 e. The Kier molecular flexibility index (Phi) is 4.57. The number of para-hydroxylation sites is 2. The van der Waals surface area contributed by atoms with Gasteiger partial charge in [0.25, 0.3) is 5.91 Å². The average Bonchev–Trinajstić information content (AvgIpc) is 3.32. The summed E-state index contributed by atoms with van der Waals surface area (Å²) in [4.78, 5) is 34.0. The highest BCUT2D eigenvalue weighted by atomic mass is 32.2. The maximum atomic E-state index is 13.0. The Morgan fingerprint density at radius 3 is 2.38 bits per heavy atom. The monoisotopic (exact) mass is 421 g/mol. The molecule has 0 aliphatic carbocycles. The van der Waals surface area contributed by atoms with E-state index in [1.165, 1.54) is 11.3 Å². The third-order valence-corrected chi connectivity index (χ3v) is 6.41. The lowest BCUT2D eigenvalue weighted by Crippen LogP contribution is -2.32. The van der Waals surface area contributed by atoms with E-state index in [1.54, 1.807) is 22.9 Å². The topological polar surface area (TPSA) is 63.9 Å². The number of aromatic nitrogens is 2. The van der Waals surface area contributed by atoms with E-state index in [1.807, 2.05) is 64.5 Å². The first kappa shape index (κ1) is 18.0. The summed E-state index contributed by atoms with van der Waals surface area (Å²) in [7, 11) is 0. The molecule has 0 unspecified atom stereocenters. The molecule has 144 valence electrons. The largest absolute Gasteiger partial charge is 0.455 e. The molecule has 0 N–H and O–H groups in total. The van der Waals surface area contributed by atoms with Crippen LogP contribution in [0.25, 0.3) is 4.96 Å². The summed E-state index contributed by atoms with van der Waals surface area (Å²) in [5.74, 6) is -0.763. The Bertz CT molecular complexity index is 1160. The van der Waals surface area contributed by atoms with Gasteiger partial charge in [-0.2, -0.15) is 0 Å². The van der Waals surface area contributed by atoms with Crippen LogP contribution < -0.4 is 4.90 Å². The Hall–Kier alpha value is -3.10. The van der Waals surface area contributed by atoms with Crippen molar-refractivity contribution in [2.75, 3.05) is 11.5 Å². The molecule has 0 atom stereocenters. The van der Waals surface area contributed by atoms with Gasteiger partial charge >= 0.3 is 5.97 Å². The van der Waals surface area contributed by atoms with Gasteiger partial charge in [0.2, 0.25) is 0 Å². The lowest BCUT2D eigenvalue weighted by molar-refractivity contribution is -0.147. The van der Waals surface area contributed by atoms with E-state index in [4.69, 9.17) is 4.74 Å². The van der Waals surface area contributed by atoms with Crippen molar-refractivity contribution in [3.8, 4) is 0 Å². The van der Waals surface area contributed by atoms with Crippen molar-refractivity contribution in [2.45, 2.75) is 16.2 Å². The zero-order valence-electron chi connectivity index (χ0n) is 15.1. The lowest BCUT2D eigenvalue weighted by atomic mass is 10.2. The van der Waals surface area contributed by atoms with Crippen molar-refractivity contribution in [2.24, 2.45) is 0 Å². The fourth-order valence-corrected chi connectivity index (χ4v) is 5.02. The van der Waals surface area contributed by atoms with Gasteiger partial charge in [-0.25, -0.2) is 4.98 Å². The highest BCUT2D eigenvalue weighted by molar-refractivity contribution is 7.99. The van der Waals surface area contributed by atoms with Crippen LogP contribution in [0.4, 0.5) is 11.4 Å². The molecule has 2 aromatic carbocycles. The normalized spacial score (nSPS) is 12.5. The second-order valence-corrected chi connectivity index (χ2v) is 8.39. The molecule has 1 amide bonds. The highest BCUT2D eigenvalue weighted by Crippen LogP contribution is 2.47. The molecule has 0 saturated carbocycles. The number of thiazole rings is 1. The smallest absolute Gasteiger partial charge is 0.312 e. The second kappa shape index (κ2) is 7.38. The van der Waals surface area contributed by atoms with E-state index in [-0.39, 0.29) is 18.9 Å². The molecule has 1 aliphatic heterocycles. The lowest BCUT2D eigenvalue weighted by Gasteiger charge is -2.30. The number of ether oxygens (including phenoxy) is 1. The van der Waals surface area contributed by atoms with Crippen molar-refractivity contribution in [3.05, 3.63) is 72.0 Å². The Balaban J connectivity index is 1.31. The first-order chi connectivity index (χ1) is 14.2. The third-order valence-electron chi connectivity index (χ3n) is 4.51. The van der Waals surface area contributed by atoms with Crippen LogP contribution in [-0.4, -0.2) is 27.9 Å². The van der Waals surface area contributed by atoms with Crippen LogP contribution in [-0.2, 0) is 20.7 Å². The molecule has 4 aromatic rings. The first-order valence-corrected chi connectivity index (χ1v) is 10.6. The van der Waals surface area contributed by atoms with E-state index in [0.717, 1.165) is 26.1 Å². The summed E-state index contributed by atoms with van der Waals surface area (Å²) in [6.45, 7) is -0.325. The number of nitrogens with zero attached hydrogens (tertiary/aromatic N) is 3. The maximum Gasteiger partial charge on any atom is 0.312 e. The van der Waals surface area contributed by atoms with E-state index in [2.05, 4.69) is 4.98 Å². The van der Waals surface area contributed by atoms with Crippen LogP contribution >= 0.6 is 23.1 Å². The number of amides is 1. The van der Waals surface area contributed by atoms with Crippen LogP contribution in [0.15, 0.2) is 76.1 Å². The maximum absolute atomic E-state index is 13.0. The van der Waals surface area contributed by atoms with Gasteiger partial charge in [0.05, 0.1) is 23.5 Å². The molecule has 2 aromatic heterocycles. The molecule has 0 spiro atoms. The van der Waals surface area contributed by atoms with Crippen LogP contribution in [0.3, 0.4) is 0 Å². The molecule has 29 heavy (non-hydrogen) atoms. The molecule has 0 fully saturated rings. The average molecular weight is 422 g/mol. The van der Waals surface area contributed by atoms with Crippen LogP contribution in [0.5, 0.6) is 0 Å². The Morgan fingerprint density at radius 2 is 1.69 bits per heavy atom. The number of imidazole rings is 1. The van der Waals surface area contributed by atoms with Crippen molar-refractivity contribution in [3.63, 3.8) is 0 Å². The summed E-state index contributed by atoms with van der Waals surface area (Å²) < 4.78 is 7.14. The van der Waals surface area contributed by atoms with Gasteiger partial charge in [-0.1, -0.05) is 36.0 Å². The number of anilines is 2. The number of carbonyl (C=O) groups excluding carboxylic acids is 2. The molecular weight excluding hydrogens is 406 g/mol. The summed E-state index contributed by atoms with van der Waals surface area (Å²) in [6, 6.07) is 15.4. The number of benzene rings is 2. The second-order valence-electron chi connectivity index (χ2n) is 6.43.